The van der Waals surface area contributed by atoms with Crippen LogP contribution in [0.25, 0.3) is 11.2 Å². The first-order valence-corrected chi connectivity index (χ1v) is 9.51. The molecule has 2 aliphatic rings. The van der Waals surface area contributed by atoms with E-state index < -0.39 is 0 Å². The number of aromatic nitrogens is 4. The molecule has 1 N–H and O–H groups in total. The number of H-pyrrole nitrogens is 1. The molecule has 2 aromatic rings. The number of hydrogen-bond donors (Lipinski definition) is 1. The van der Waals surface area contributed by atoms with Gasteiger partial charge in [0, 0.05) is 19.0 Å². The summed E-state index contributed by atoms with van der Waals surface area (Å²) in [6, 6.07) is 0. The number of ether oxygens (including phenoxy) is 1. The van der Waals surface area contributed by atoms with Crippen LogP contribution in [0.2, 0.25) is 0 Å². The lowest BCUT2D eigenvalue weighted by Gasteiger charge is -2.26. The molecule has 2 saturated heterocycles. The van der Waals surface area contributed by atoms with Crippen molar-refractivity contribution in [1.29, 1.82) is 0 Å². The zero-order valence-corrected chi connectivity index (χ0v) is 15.0. The number of rotatable bonds is 5. The molecule has 2 fully saturated rings. The van der Waals surface area contributed by atoms with Gasteiger partial charge >= 0.3 is 5.69 Å². The molecule has 0 spiro atoms. The van der Waals surface area contributed by atoms with Crippen LogP contribution >= 0.6 is 0 Å². The van der Waals surface area contributed by atoms with Gasteiger partial charge in [-0.1, -0.05) is 13.8 Å². The van der Waals surface area contributed by atoms with Crippen LogP contribution in [0, 0.1) is 0 Å². The Morgan fingerprint density at radius 3 is 2.36 bits per heavy atom. The lowest BCUT2D eigenvalue weighted by Crippen LogP contribution is -2.40. The minimum absolute atomic E-state index is 0.244. The van der Waals surface area contributed by atoms with E-state index >= 15 is 0 Å². The molecule has 2 aromatic heterocycles. The summed E-state index contributed by atoms with van der Waals surface area (Å²) in [7, 11) is 0. The average Bonchev–Trinajstić information content (AvgIpc) is 3.19. The first-order chi connectivity index (χ1) is 12.1. The molecule has 2 aliphatic heterocycles. The number of aryl methyl sites for hydroxylation is 1. The Kier molecular flexibility index (Phi) is 4.27. The van der Waals surface area contributed by atoms with Crippen molar-refractivity contribution < 1.29 is 4.74 Å². The van der Waals surface area contributed by atoms with E-state index in [1.54, 1.807) is 4.57 Å². The van der Waals surface area contributed by atoms with E-state index in [4.69, 9.17) is 9.72 Å². The molecule has 2 atom stereocenters. The Morgan fingerprint density at radius 2 is 1.72 bits per heavy atom. The highest BCUT2D eigenvalue weighted by Crippen LogP contribution is 2.40. The normalized spacial score (nSPS) is 25.8. The Balaban J connectivity index is 1.83. The fraction of sp³-hybridized carbons (Fsp3) is 0.722. The van der Waals surface area contributed by atoms with Crippen molar-refractivity contribution in [3.05, 3.63) is 26.7 Å². The van der Waals surface area contributed by atoms with Crippen LogP contribution < -0.4 is 11.2 Å². The second kappa shape index (κ2) is 6.44. The molecule has 0 amide bonds. The highest BCUT2D eigenvalue weighted by molar-refractivity contribution is 5.70. The summed E-state index contributed by atoms with van der Waals surface area (Å²) >= 11 is 0. The fourth-order valence-electron chi connectivity index (χ4n) is 4.30. The Bertz CT molecular complexity index is 882. The van der Waals surface area contributed by atoms with E-state index in [0.717, 1.165) is 44.3 Å². The molecule has 2 unspecified atom stereocenters. The number of aromatic amines is 1. The maximum atomic E-state index is 12.8. The van der Waals surface area contributed by atoms with Crippen molar-refractivity contribution in [2.75, 3.05) is 0 Å². The third kappa shape index (κ3) is 2.74. The summed E-state index contributed by atoms with van der Waals surface area (Å²) in [5.41, 5.74) is 0.489. The van der Waals surface area contributed by atoms with Crippen molar-refractivity contribution >= 4 is 11.2 Å². The summed E-state index contributed by atoms with van der Waals surface area (Å²) in [5.74, 6) is 1.12. The van der Waals surface area contributed by atoms with E-state index in [2.05, 4.69) is 4.98 Å². The minimum Gasteiger partial charge on any atom is -0.375 e. The molecule has 0 saturated carbocycles. The summed E-state index contributed by atoms with van der Waals surface area (Å²) in [5, 5.41) is 0. The topological polar surface area (TPSA) is 81.9 Å². The fourth-order valence-corrected chi connectivity index (χ4v) is 4.30. The highest BCUT2D eigenvalue weighted by atomic mass is 16.5. The van der Waals surface area contributed by atoms with Gasteiger partial charge in [0.25, 0.3) is 5.56 Å². The first kappa shape index (κ1) is 16.6. The largest absolute Gasteiger partial charge is 0.375 e. The predicted octanol–water partition coefficient (Wildman–Crippen LogP) is 2.13. The Morgan fingerprint density at radius 1 is 1.08 bits per heavy atom. The van der Waals surface area contributed by atoms with Crippen LogP contribution in [-0.4, -0.2) is 31.3 Å². The molecular formula is C18H26N4O3. The van der Waals surface area contributed by atoms with Crippen LogP contribution in [0.3, 0.4) is 0 Å². The molecule has 2 bridgehead atoms. The zero-order valence-electron chi connectivity index (χ0n) is 15.0. The lowest BCUT2D eigenvalue weighted by molar-refractivity contribution is -0.00492. The second-order valence-corrected chi connectivity index (χ2v) is 7.34. The summed E-state index contributed by atoms with van der Waals surface area (Å²) in [4.78, 5) is 33.5. The monoisotopic (exact) mass is 346 g/mol. The van der Waals surface area contributed by atoms with Gasteiger partial charge in [0.05, 0.1) is 12.2 Å². The molecule has 0 radical (unpaired) electrons. The molecule has 7 nitrogen and oxygen atoms in total. The van der Waals surface area contributed by atoms with Crippen molar-refractivity contribution in [3.8, 4) is 0 Å². The third-order valence-electron chi connectivity index (χ3n) is 5.45. The molecule has 0 aliphatic carbocycles. The molecule has 136 valence electrons. The van der Waals surface area contributed by atoms with E-state index in [0.29, 0.717) is 36.5 Å². The van der Waals surface area contributed by atoms with Gasteiger partial charge in [0.1, 0.15) is 11.3 Å². The van der Waals surface area contributed by atoms with E-state index in [9.17, 15) is 9.59 Å². The number of nitrogens with zero attached hydrogens (tertiary/aromatic N) is 3. The highest BCUT2D eigenvalue weighted by Gasteiger charge is 2.37. The summed E-state index contributed by atoms with van der Waals surface area (Å²) in [6.45, 7) is 5.00. The predicted molar refractivity (Wildman–Crippen MR) is 95.1 cm³/mol. The molecule has 4 heterocycles. The smallest absolute Gasteiger partial charge is 0.332 e. The maximum Gasteiger partial charge on any atom is 0.332 e. The van der Waals surface area contributed by atoms with E-state index in [-0.39, 0.29) is 17.2 Å². The standard InChI is InChI=1S/C18H26N4O3/c1-3-7-21-16-14(17(23)22(8-4-2)18(21)24)19-15(20-16)11-9-12-5-6-13(10-11)25-12/h11-13H,3-10H2,1-2H3,(H,19,20). The van der Waals surface area contributed by atoms with Gasteiger partial charge in [0.15, 0.2) is 5.65 Å². The van der Waals surface area contributed by atoms with E-state index in [1.807, 2.05) is 13.8 Å². The number of nitrogens with one attached hydrogen (secondary N) is 1. The summed E-state index contributed by atoms with van der Waals surface area (Å²) in [6.07, 6.45) is 6.31. The van der Waals surface area contributed by atoms with Crippen LogP contribution in [0.4, 0.5) is 0 Å². The van der Waals surface area contributed by atoms with Gasteiger partial charge in [-0.25, -0.2) is 9.78 Å². The van der Waals surface area contributed by atoms with Gasteiger partial charge in [-0.05, 0) is 38.5 Å². The van der Waals surface area contributed by atoms with Crippen LogP contribution in [-0.2, 0) is 17.8 Å². The van der Waals surface area contributed by atoms with Crippen molar-refractivity contribution in [2.45, 2.75) is 83.6 Å². The minimum atomic E-state index is -0.247. The average molecular weight is 346 g/mol. The van der Waals surface area contributed by atoms with Gasteiger partial charge in [-0.3, -0.25) is 13.9 Å². The third-order valence-corrected chi connectivity index (χ3v) is 5.45. The maximum absolute atomic E-state index is 12.8. The quantitative estimate of drug-likeness (QED) is 0.899. The van der Waals surface area contributed by atoms with Crippen LogP contribution in [0.1, 0.15) is 64.1 Å². The Labute approximate surface area is 146 Å². The van der Waals surface area contributed by atoms with E-state index in [1.165, 1.54) is 4.57 Å². The van der Waals surface area contributed by atoms with Crippen LogP contribution in [0.5, 0.6) is 0 Å². The van der Waals surface area contributed by atoms with Gasteiger partial charge in [-0.15, -0.1) is 0 Å². The van der Waals surface area contributed by atoms with Crippen molar-refractivity contribution in [3.63, 3.8) is 0 Å². The second-order valence-electron chi connectivity index (χ2n) is 7.34. The Hall–Kier alpha value is -1.89. The van der Waals surface area contributed by atoms with Crippen molar-refractivity contribution in [1.82, 2.24) is 19.1 Å². The van der Waals surface area contributed by atoms with Gasteiger partial charge in [0.2, 0.25) is 0 Å². The number of fused-ring (bicyclic) bond motifs is 3. The van der Waals surface area contributed by atoms with Crippen molar-refractivity contribution in [2.24, 2.45) is 0 Å². The number of imidazole rings is 1. The molecule has 25 heavy (non-hydrogen) atoms. The molecule has 4 rings (SSSR count). The molecule has 7 heteroatoms. The van der Waals surface area contributed by atoms with Crippen LogP contribution in [0.15, 0.2) is 9.59 Å². The lowest BCUT2D eigenvalue weighted by atomic mass is 9.95. The van der Waals surface area contributed by atoms with Gasteiger partial charge < -0.3 is 9.72 Å². The zero-order chi connectivity index (χ0) is 17.6. The summed E-state index contributed by atoms with van der Waals surface area (Å²) < 4.78 is 8.91. The van der Waals surface area contributed by atoms with Gasteiger partial charge in [-0.2, -0.15) is 0 Å². The molecule has 0 aromatic carbocycles. The first-order valence-electron chi connectivity index (χ1n) is 9.51. The SMILES string of the molecule is CCCn1c(=O)c2[nH]c(C3CC4CCC(C3)O4)nc2n(CCC)c1=O. The number of hydrogen-bond acceptors (Lipinski definition) is 4. The molecular weight excluding hydrogens is 320 g/mol.